The van der Waals surface area contributed by atoms with E-state index in [-0.39, 0.29) is 0 Å². The summed E-state index contributed by atoms with van der Waals surface area (Å²) < 4.78 is 0. The van der Waals surface area contributed by atoms with Crippen LogP contribution >= 0.6 is 0 Å². The molecule has 18 heavy (non-hydrogen) atoms. The molecule has 0 aromatic carbocycles. The molecular weight excluding hydrogens is 224 g/mol. The van der Waals surface area contributed by atoms with Gasteiger partial charge in [-0.05, 0) is 36.7 Å². The van der Waals surface area contributed by atoms with Gasteiger partial charge in [-0.3, -0.25) is 0 Å². The second-order valence-corrected chi connectivity index (χ2v) is 5.74. The average Bonchev–Trinajstić information content (AvgIpc) is 2.82. The number of fused-ring (bicyclic) bond motifs is 2. The Morgan fingerprint density at radius 2 is 2.17 bits per heavy atom. The largest absolute Gasteiger partial charge is 0.359 e. The van der Waals surface area contributed by atoms with E-state index in [1.165, 1.54) is 19.3 Å². The Balaban J connectivity index is 1.57. The van der Waals surface area contributed by atoms with Gasteiger partial charge in [0.1, 0.15) is 17.8 Å². The van der Waals surface area contributed by atoms with Crippen LogP contribution in [0.4, 0.5) is 5.82 Å². The van der Waals surface area contributed by atoms with Crippen molar-refractivity contribution >= 4 is 16.9 Å². The van der Waals surface area contributed by atoms with Gasteiger partial charge in [-0.1, -0.05) is 6.42 Å². The molecule has 0 bridgehead atoms. The molecule has 2 aliphatic carbocycles. The number of rotatable bonds is 3. The lowest BCUT2D eigenvalue weighted by molar-refractivity contribution is 0.583. The third-order valence-corrected chi connectivity index (χ3v) is 4.76. The SMILES string of the molecule is CN(CC1[C@H]2CCC[C@@H]12)c1ncnc2[nH]ccc12. The zero-order valence-corrected chi connectivity index (χ0v) is 10.6. The van der Waals surface area contributed by atoms with Crippen molar-refractivity contribution in [2.45, 2.75) is 19.3 Å². The molecule has 2 aromatic heterocycles. The van der Waals surface area contributed by atoms with Crippen molar-refractivity contribution in [1.82, 2.24) is 15.0 Å². The summed E-state index contributed by atoms with van der Waals surface area (Å²) in [6, 6.07) is 2.06. The van der Waals surface area contributed by atoms with Crippen LogP contribution in [-0.4, -0.2) is 28.5 Å². The second kappa shape index (κ2) is 3.70. The molecule has 2 aliphatic rings. The average molecular weight is 242 g/mol. The standard InChI is InChI=1S/C14H18N4/c1-18(7-12-9-3-2-4-10(9)12)14-11-5-6-15-13(11)16-8-17-14/h5-6,8-10,12H,2-4,7H2,1H3,(H,15,16,17)/t9-,10+,12?. The molecule has 4 rings (SSSR count). The minimum absolute atomic E-state index is 0.910. The van der Waals surface area contributed by atoms with Gasteiger partial charge in [0.15, 0.2) is 0 Å². The molecule has 2 fully saturated rings. The van der Waals surface area contributed by atoms with Crippen molar-refractivity contribution in [3.63, 3.8) is 0 Å². The van der Waals surface area contributed by atoms with Crippen LogP contribution in [-0.2, 0) is 0 Å². The van der Waals surface area contributed by atoms with Gasteiger partial charge in [0.2, 0.25) is 0 Å². The molecule has 2 heterocycles. The van der Waals surface area contributed by atoms with Gasteiger partial charge in [0, 0.05) is 19.8 Å². The number of aromatic amines is 1. The Kier molecular flexibility index (Phi) is 2.13. The first-order valence-electron chi connectivity index (χ1n) is 6.84. The van der Waals surface area contributed by atoms with Crippen LogP contribution in [0, 0.1) is 17.8 Å². The van der Waals surface area contributed by atoms with Crippen LogP contribution in [0.2, 0.25) is 0 Å². The lowest BCUT2D eigenvalue weighted by Gasteiger charge is -2.19. The zero-order valence-electron chi connectivity index (χ0n) is 10.6. The topological polar surface area (TPSA) is 44.8 Å². The van der Waals surface area contributed by atoms with E-state index < -0.39 is 0 Å². The molecule has 1 unspecified atom stereocenters. The van der Waals surface area contributed by atoms with Crippen molar-refractivity contribution in [1.29, 1.82) is 0 Å². The van der Waals surface area contributed by atoms with E-state index in [0.717, 1.165) is 41.1 Å². The number of aromatic nitrogens is 3. The Morgan fingerprint density at radius 1 is 1.33 bits per heavy atom. The van der Waals surface area contributed by atoms with Gasteiger partial charge in [-0.15, -0.1) is 0 Å². The third kappa shape index (κ3) is 1.44. The summed E-state index contributed by atoms with van der Waals surface area (Å²) >= 11 is 0. The monoisotopic (exact) mass is 242 g/mol. The molecule has 0 aliphatic heterocycles. The Morgan fingerprint density at radius 3 is 3.00 bits per heavy atom. The van der Waals surface area contributed by atoms with E-state index in [1.54, 1.807) is 6.33 Å². The molecular formula is C14H18N4. The number of hydrogen-bond donors (Lipinski definition) is 1. The number of nitrogens with zero attached hydrogens (tertiary/aromatic N) is 3. The molecule has 2 aromatic rings. The molecule has 4 nitrogen and oxygen atoms in total. The number of H-pyrrole nitrogens is 1. The van der Waals surface area contributed by atoms with Gasteiger partial charge in [0.05, 0.1) is 5.39 Å². The summed E-state index contributed by atoms with van der Waals surface area (Å²) in [5.74, 6) is 3.99. The summed E-state index contributed by atoms with van der Waals surface area (Å²) in [5.41, 5.74) is 0.933. The molecule has 0 spiro atoms. The Hall–Kier alpha value is -1.58. The van der Waals surface area contributed by atoms with E-state index in [2.05, 4.69) is 33.0 Å². The van der Waals surface area contributed by atoms with E-state index in [9.17, 15) is 0 Å². The third-order valence-electron chi connectivity index (χ3n) is 4.76. The maximum atomic E-state index is 4.45. The van der Waals surface area contributed by atoms with Crippen LogP contribution < -0.4 is 4.90 Å². The summed E-state index contributed by atoms with van der Waals surface area (Å²) in [4.78, 5) is 14.1. The van der Waals surface area contributed by atoms with Crippen LogP contribution in [0.1, 0.15) is 19.3 Å². The lowest BCUT2D eigenvalue weighted by Crippen LogP contribution is -2.22. The first kappa shape index (κ1) is 10.4. The highest BCUT2D eigenvalue weighted by atomic mass is 15.2. The lowest BCUT2D eigenvalue weighted by atomic mass is 10.1. The summed E-state index contributed by atoms with van der Waals surface area (Å²) in [5, 5.41) is 1.13. The van der Waals surface area contributed by atoms with Crippen molar-refractivity contribution in [3.05, 3.63) is 18.6 Å². The smallest absolute Gasteiger partial charge is 0.142 e. The molecule has 94 valence electrons. The van der Waals surface area contributed by atoms with Gasteiger partial charge in [-0.2, -0.15) is 0 Å². The highest BCUT2D eigenvalue weighted by Gasteiger charge is 2.52. The maximum Gasteiger partial charge on any atom is 0.142 e. The van der Waals surface area contributed by atoms with Gasteiger partial charge in [-0.25, -0.2) is 9.97 Å². The summed E-state index contributed by atoms with van der Waals surface area (Å²) in [6.45, 7) is 1.15. The molecule has 2 saturated carbocycles. The number of nitrogens with one attached hydrogen (secondary N) is 1. The first-order chi connectivity index (χ1) is 8.84. The van der Waals surface area contributed by atoms with Crippen LogP contribution in [0.25, 0.3) is 11.0 Å². The molecule has 0 amide bonds. The Bertz CT molecular complexity index is 566. The van der Waals surface area contributed by atoms with Gasteiger partial charge >= 0.3 is 0 Å². The van der Waals surface area contributed by atoms with E-state index in [1.807, 2.05) is 6.20 Å². The zero-order chi connectivity index (χ0) is 12.1. The normalized spacial score (nSPS) is 29.5. The predicted octanol–water partition coefficient (Wildman–Crippen LogP) is 2.44. The van der Waals surface area contributed by atoms with E-state index in [0.29, 0.717) is 0 Å². The highest BCUT2D eigenvalue weighted by Crippen LogP contribution is 2.57. The van der Waals surface area contributed by atoms with Crippen LogP contribution in [0.5, 0.6) is 0 Å². The minimum Gasteiger partial charge on any atom is -0.359 e. The molecule has 0 radical (unpaired) electrons. The van der Waals surface area contributed by atoms with Gasteiger partial charge < -0.3 is 9.88 Å². The molecule has 0 saturated heterocycles. The van der Waals surface area contributed by atoms with E-state index >= 15 is 0 Å². The maximum absolute atomic E-state index is 4.45. The summed E-state index contributed by atoms with van der Waals surface area (Å²) in [6.07, 6.45) is 7.94. The minimum atomic E-state index is 0.910. The van der Waals surface area contributed by atoms with Gasteiger partial charge in [0.25, 0.3) is 0 Å². The quantitative estimate of drug-likeness (QED) is 0.899. The number of hydrogen-bond acceptors (Lipinski definition) is 3. The highest BCUT2D eigenvalue weighted by molar-refractivity contribution is 5.87. The van der Waals surface area contributed by atoms with Crippen LogP contribution in [0.15, 0.2) is 18.6 Å². The fourth-order valence-electron chi connectivity index (χ4n) is 3.81. The molecule has 4 heteroatoms. The van der Waals surface area contributed by atoms with Crippen molar-refractivity contribution in [3.8, 4) is 0 Å². The van der Waals surface area contributed by atoms with E-state index in [4.69, 9.17) is 0 Å². The second-order valence-electron chi connectivity index (χ2n) is 5.74. The summed E-state index contributed by atoms with van der Waals surface area (Å²) in [7, 11) is 2.16. The fraction of sp³-hybridized carbons (Fsp3) is 0.571. The molecule has 1 N–H and O–H groups in total. The van der Waals surface area contributed by atoms with Crippen molar-refractivity contribution < 1.29 is 0 Å². The van der Waals surface area contributed by atoms with Crippen molar-refractivity contribution in [2.75, 3.05) is 18.5 Å². The first-order valence-corrected chi connectivity index (χ1v) is 6.84. The fourth-order valence-corrected chi connectivity index (χ4v) is 3.81. The van der Waals surface area contributed by atoms with Crippen LogP contribution in [0.3, 0.4) is 0 Å². The predicted molar refractivity (Wildman–Crippen MR) is 71.5 cm³/mol. The van der Waals surface area contributed by atoms with Crippen molar-refractivity contribution in [2.24, 2.45) is 17.8 Å². The number of anilines is 1. The molecule has 3 atom stereocenters. The Labute approximate surface area is 106 Å².